The number of allylic oxidation sites excluding steroid dienone is 1. The summed E-state index contributed by atoms with van der Waals surface area (Å²) < 4.78 is 13.8. The van der Waals surface area contributed by atoms with Gasteiger partial charge in [-0.05, 0) is 50.6 Å². The number of carbonyl (C=O) groups excluding carboxylic acids is 1. The summed E-state index contributed by atoms with van der Waals surface area (Å²) in [5, 5.41) is 0. The van der Waals surface area contributed by atoms with E-state index >= 15 is 0 Å². The van der Waals surface area contributed by atoms with E-state index in [-0.39, 0.29) is 12.2 Å². The minimum Gasteiger partial charge on any atom is -0.463 e. The number of hydrogen-bond acceptors (Lipinski definition) is 6. The number of carbonyl (C=O) groups is 1. The summed E-state index contributed by atoms with van der Waals surface area (Å²) in [4.78, 5) is 31.2. The van der Waals surface area contributed by atoms with Crippen molar-refractivity contribution in [3.8, 4) is 0 Å². The van der Waals surface area contributed by atoms with Crippen LogP contribution in [0.25, 0.3) is 6.08 Å². The molecule has 8 heteroatoms. The molecule has 0 N–H and O–H groups in total. The van der Waals surface area contributed by atoms with Crippen molar-refractivity contribution < 1.29 is 13.9 Å². The van der Waals surface area contributed by atoms with Crippen molar-refractivity contribution in [1.82, 2.24) is 4.57 Å². The number of rotatable bonds is 4. The van der Waals surface area contributed by atoms with E-state index in [9.17, 15) is 9.59 Å². The van der Waals surface area contributed by atoms with Gasteiger partial charge in [-0.25, -0.2) is 9.79 Å². The zero-order valence-corrected chi connectivity index (χ0v) is 19.0. The topological polar surface area (TPSA) is 73.8 Å². The van der Waals surface area contributed by atoms with E-state index < -0.39 is 12.0 Å². The Morgan fingerprint density at radius 2 is 2.00 bits per heavy atom. The van der Waals surface area contributed by atoms with E-state index in [0.29, 0.717) is 26.4 Å². The molecule has 2 aromatic heterocycles. The summed E-state index contributed by atoms with van der Waals surface area (Å²) in [6.45, 7) is 5.61. The van der Waals surface area contributed by atoms with Gasteiger partial charge >= 0.3 is 5.97 Å². The Balaban J connectivity index is 1.96. The van der Waals surface area contributed by atoms with Crippen LogP contribution in [0.1, 0.15) is 37.0 Å². The normalized spacial score (nSPS) is 16.4. The third-order valence-electron chi connectivity index (χ3n) is 4.74. The second kappa shape index (κ2) is 8.20. The van der Waals surface area contributed by atoms with Crippen LogP contribution in [-0.4, -0.2) is 17.1 Å². The van der Waals surface area contributed by atoms with Gasteiger partial charge in [-0.1, -0.05) is 39.4 Å². The summed E-state index contributed by atoms with van der Waals surface area (Å²) in [5.41, 5.74) is 1.49. The van der Waals surface area contributed by atoms with Crippen LogP contribution in [0, 0.1) is 6.92 Å². The molecule has 30 heavy (non-hydrogen) atoms. The second-order valence-electron chi connectivity index (χ2n) is 6.80. The maximum Gasteiger partial charge on any atom is 0.338 e. The average Bonchev–Trinajstić information content (AvgIpc) is 3.24. The number of hydrogen-bond donors (Lipinski definition) is 0. The molecule has 0 bridgehead atoms. The molecular formula is C22H19BrN2O4S. The Morgan fingerprint density at radius 3 is 2.63 bits per heavy atom. The number of benzene rings is 1. The molecule has 1 atom stereocenters. The Hall–Kier alpha value is -2.71. The van der Waals surface area contributed by atoms with Crippen LogP contribution < -0.4 is 14.9 Å². The monoisotopic (exact) mass is 486 g/mol. The zero-order valence-electron chi connectivity index (χ0n) is 16.6. The molecule has 0 radical (unpaired) electrons. The van der Waals surface area contributed by atoms with Crippen LogP contribution in [-0.2, 0) is 9.53 Å². The molecule has 4 rings (SSSR count). The molecule has 0 fully saturated rings. The van der Waals surface area contributed by atoms with Crippen molar-refractivity contribution in [2.24, 2.45) is 4.99 Å². The molecule has 1 aliphatic heterocycles. The van der Waals surface area contributed by atoms with Crippen molar-refractivity contribution in [1.29, 1.82) is 0 Å². The zero-order chi connectivity index (χ0) is 21.4. The highest BCUT2D eigenvalue weighted by molar-refractivity contribution is 9.10. The fraction of sp³-hybridized carbons (Fsp3) is 0.227. The molecule has 0 amide bonds. The number of aromatic nitrogens is 1. The van der Waals surface area contributed by atoms with Gasteiger partial charge in [0.15, 0.2) is 4.80 Å². The Kier molecular flexibility index (Phi) is 5.62. The van der Waals surface area contributed by atoms with Crippen molar-refractivity contribution in [3.05, 3.63) is 88.9 Å². The van der Waals surface area contributed by atoms with E-state index in [0.717, 1.165) is 15.8 Å². The first kappa shape index (κ1) is 20.6. The van der Waals surface area contributed by atoms with Crippen LogP contribution in [0.15, 0.2) is 66.3 Å². The van der Waals surface area contributed by atoms with Crippen molar-refractivity contribution in [2.75, 3.05) is 6.61 Å². The summed E-state index contributed by atoms with van der Waals surface area (Å²) in [6, 6.07) is 10.6. The van der Waals surface area contributed by atoms with Crippen LogP contribution >= 0.6 is 27.3 Å². The predicted molar refractivity (Wildman–Crippen MR) is 118 cm³/mol. The molecule has 3 aromatic rings. The Labute approximate surface area is 185 Å². The minimum atomic E-state index is -0.617. The molecule has 0 saturated heterocycles. The van der Waals surface area contributed by atoms with Gasteiger partial charge in [0.25, 0.3) is 5.56 Å². The van der Waals surface area contributed by atoms with Gasteiger partial charge < -0.3 is 9.15 Å². The maximum atomic E-state index is 13.4. The quantitative estimate of drug-likeness (QED) is 0.529. The number of ether oxygens (including phenoxy) is 1. The highest BCUT2D eigenvalue weighted by Gasteiger charge is 2.33. The molecule has 0 saturated carbocycles. The smallest absolute Gasteiger partial charge is 0.338 e. The average molecular weight is 487 g/mol. The summed E-state index contributed by atoms with van der Waals surface area (Å²) in [6.07, 6.45) is 1.71. The number of fused-ring (bicyclic) bond motifs is 1. The minimum absolute atomic E-state index is 0.227. The first-order valence-corrected chi connectivity index (χ1v) is 11.0. The lowest BCUT2D eigenvalue weighted by molar-refractivity contribution is -0.139. The van der Waals surface area contributed by atoms with Gasteiger partial charge in [-0.2, -0.15) is 0 Å². The molecule has 1 unspecified atom stereocenters. The van der Waals surface area contributed by atoms with Gasteiger partial charge in [0.1, 0.15) is 11.5 Å². The van der Waals surface area contributed by atoms with E-state index in [1.807, 2.05) is 43.3 Å². The van der Waals surface area contributed by atoms with Crippen LogP contribution in [0.2, 0.25) is 0 Å². The third-order valence-corrected chi connectivity index (χ3v) is 6.25. The van der Waals surface area contributed by atoms with E-state index in [4.69, 9.17) is 9.15 Å². The predicted octanol–water partition coefficient (Wildman–Crippen LogP) is 3.46. The first-order valence-electron chi connectivity index (χ1n) is 9.40. The Bertz CT molecular complexity index is 1330. The summed E-state index contributed by atoms with van der Waals surface area (Å²) in [7, 11) is 0. The van der Waals surface area contributed by atoms with Crippen molar-refractivity contribution >= 4 is 39.3 Å². The Morgan fingerprint density at radius 1 is 1.27 bits per heavy atom. The molecule has 0 spiro atoms. The molecule has 6 nitrogen and oxygen atoms in total. The van der Waals surface area contributed by atoms with Crippen molar-refractivity contribution in [3.63, 3.8) is 0 Å². The van der Waals surface area contributed by atoms with E-state index in [1.165, 1.54) is 11.3 Å². The van der Waals surface area contributed by atoms with E-state index in [1.54, 1.807) is 24.5 Å². The molecule has 0 aliphatic carbocycles. The number of nitrogens with zero attached hydrogens (tertiary/aromatic N) is 2. The highest BCUT2D eigenvalue weighted by atomic mass is 79.9. The van der Waals surface area contributed by atoms with Gasteiger partial charge in [0.05, 0.1) is 28.5 Å². The lowest BCUT2D eigenvalue weighted by Gasteiger charge is -2.24. The fourth-order valence-corrected chi connectivity index (χ4v) is 4.70. The SMILES string of the molecule is CCOC(=O)C1=C(C)N=c2sc(=Cc3ccc(C)o3)c(=O)n2C1c1ccc(Br)cc1. The molecule has 3 heterocycles. The standard InChI is InChI=1S/C22H19BrN2O4S/c1-4-28-21(27)18-13(3)24-22-25(19(18)14-6-8-15(23)9-7-14)20(26)17(30-22)11-16-10-5-12(2)29-16/h5-11,19H,4H2,1-3H3. The maximum absolute atomic E-state index is 13.4. The van der Waals surface area contributed by atoms with Crippen LogP contribution in [0.4, 0.5) is 0 Å². The lowest BCUT2D eigenvalue weighted by Crippen LogP contribution is -2.39. The number of aryl methyl sites for hydroxylation is 1. The third kappa shape index (κ3) is 3.73. The highest BCUT2D eigenvalue weighted by Crippen LogP contribution is 2.31. The number of thiazole rings is 1. The van der Waals surface area contributed by atoms with Gasteiger partial charge in [0, 0.05) is 10.5 Å². The molecule has 1 aliphatic rings. The van der Waals surface area contributed by atoms with Crippen molar-refractivity contribution in [2.45, 2.75) is 26.8 Å². The molecule has 1 aromatic carbocycles. The second-order valence-corrected chi connectivity index (χ2v) is 8.73. The number of esters is 1. The first-order chi connectivity index (χ1) is 14.4. The number of halogens is 1. The molecule has 154 valence electrons. The van der Waals surface area contributed by atoms with Gasteiger partial charge in [-0.15, -0.1) is 0 Å². The van der Waals surface area contributed by atoms with E-state index in [2.05, 4.69) is 20.9 Å². The van der Waals surface area contributed by atoms with Crippen LogP contribution in [0.5, 0.6) is 0 Å². The van der Waals surface area contributed by atoms with Gasteiger partial charge in [0.2, 0.25) is 0 Å². The van der Waals surface area contributed by atoms with Crippen LogP contribution in [0.3, 0.4) is 0 Å². The summed E-state index contributed by atoms with van der Waals surface area (Å²) >= 11 is 4.71. The lowest BCUT2D eigenvalue weighted by atomic mass is 9.96. The summed E-state index contributed by atoms with van der Waals surface area (Å²) in [5.74, 6) is 0.893. The molecular weight excluding hydrogens is 468 g/mol. The fourth-order valence-electron chi connectivity index (χ4n) is 3.41. The largest absolute Gasteiger partial charge is 0.463 e. The number of furan rings is 1. The van der Waals surface area contributed by atoms with Gasteiger partial charge in [-0.3, -0.25) is 9.36 Å².